The van der Waals surface area contributed by atoms with Gasteiger partial charge < -0.3 is 19.2 Å². The molecule has 0 atom stereocenters. The van der Waals surface area contributed by atoms with Gasteiger partial charge in [0.2, 0.25) is 0 Å². The summed E-state index contributed by atoms with van der Waals surface area (Å²) in [5, 5.41) is 3.62. The Hall–Kier alpha value is -2.34. The summed E-state index contributed by atoms with van der Waals surface area (Å²) in [7, 11) is 0. The van der Waals surface area contributed by atoms with Gasteiger partial charge in [-0.3, -0.25) is 4.79 Å². The lowest BCUT2D eigenvalue weighted by molar-refractivity contribution is -0.123. The van der Waals surface area contributed by atoms with Gasteiger partial charge in [0.15, 0.2) is 6.61 Å². The van der Waals surface area contributed by atoms with E-state index in [1.54, 1.807) is 12.1 Å². The molecule has 0 unspecified atom stereocenters. The van der Waals surface area contributed by atoms with Crippen molar-refractivity contribution in [3.63, 3.8) is 0 Å². The molecule has 25 heavy (non-hydrogen) atoms. The van der Waals surface area contributed by atoms with Gasteiger partial charge in [-0.25, -0.2) is 4.79 Å². The number of hydrogen-bond acceptors (Lipinski definition) is 5. The molecule has 0 aliphatic heterocycles. The van der Waals surface area contributed by atoms with Crippen molar-refractivity contribution in [1.82, 2.24) is 5.32 Å². The zero-order chi connectivity index (χ0) is 18.2. The minimum absolute atomic E-state index is 0.0889. The molecule has 1 aromatic carbocycles. The third-order valence-electron chi connectivity index (χ3n) is 3.53. The molecule has 2 rings (SSSR count). The summed E-state index contributed by atoms with van der Waals surface area (Å²) < 4.78 is 16.1. The molecule has 2 aromatic rings. The van der Waals surface area contributed by atoms with E-state index >= 15 is 0 Å². The Kier molecular flexibility index (Phi) is 7.01. The topological polar surface area (TPSA) is 77.8 Å². The van der Waals surface area contributed by atoms with Crippen LogP contribution in [0.3, 0.4) is 0 Å². The second-order valence-electron chi connectivity index (χ2n) is 6.37. The van der Waals surface area contributed by atoms with Crippen LogP contribution >= 0.6 is 0 Å². The first kappa shape index (κ1) is 19.0. The third kappa shape index (κ3) is 6.23. The molecule has 0 aliphatic carbocycles. The first-order chi connectivity index (χ1) is 12.0. The maximum absolute atomic E-state index is 11.8. The summed E-state index contributed by atoms with van der Waals surface area (Å²) in [6.07, 6.45) is 0.763. The molecule has 0 bridgehead atoms. The third-order valence-corrected chi connectivity index (χ3v) is 3.53. The largest absolute Gasteiger partial charge is 0.484 e. The van der Waals surface area contributed by atoms with Gasteiger partial charge in [0.1, 0.15) is 11.3 Å². The predicted octanol–water partition coefficient (Wildman–Crippen LogP) is 2.66. The highest BCUT2D eigenvalue weighted by molar-refractivity contribution is 5.81. The predicted molar refractivity (Wildman–Crippen MR) is 96.0 cm³/mol. The molecule has 1 N–H and O–H groups in total. The summed E-state index contributed by atoms with van der Waals surface area (Å²) >= 11 is 0. The molecule has 1 aromatic heterocycles. The van der Waals surface area contributed by atoms with Crippen molar-refractivity contribution in [3.05, 3.63) is 40.2 Å². The van der Waals surface area contributed by atoms with E-state index in [9.17, 15) is 9.59 Å². The number of fused-ring (bicyclic) bond motifs is 1. The van der Waals surface area contributed by atoms with Crippen LogP contribution < -0.4 is 15.7 Å². The van der Waals surface area contributed by atoms with E-state index in [2.05, 4.69) is 19.2 Å². The number of ether oxygens (including phenoxy) is 2. The van der Waals surface area contributed by atoms with Crippen molar-refractivity contribution in [2.45, 2.75) is 27.2 Å². The maximum Gasteiger partial charge on any atom is 0.336 e. The van der Waals surface area contributed by atoms with Gasteiger partial charge in [-0.1, -0.05) is 13.8 Å². The van der Waals surface area contributed by atoms with Crippen LogP contribution in [0.4, 0.5) is 0 Å². The van der Waals surface area contributed by atoms with Crippen LogP contribution in [0.1, 0.15) is 25.8 Å². The number of nitrogens with one attached hydrogen (secondary N) is 1. The summed E-state index contributed by atoms with van der Waals surface area (Å²) in [6, 6.07) is 6.63. The van der Waals surface area contributed by atoms with Gasteiger partial charge in [0.05, 0.1) is 0 Å². The van der Waals surface area contributed by atoms with Crippen molar-refractivity contribution in [2.24, 2.45) is 5.92 Å². The van der Waals surface area contributed by atoms with Crippen LogP contribution in [-0.2, 0) is 9.53 Å². The number of aryl methyl sites for hydroxylation is 1. The highest BCUT2D eigenvalue weighted by Crippen LogP contribution is 2.22. The van der Waals surface area contributed by atoms with E-state index in [-0.39, 0.29) is 12.5 Å². The molecule has 0 saturated carbocycles. The Balaban J connectivity index is 1.76. The first-order valence-electron chi connectivity index (χ1n) is 8.47. The smallest absolute Gasteiger partial charge is 0.336 e. The number of rotatable bonds is 9. The fourth-order valence-electron chi connectivity index (χ4n) is 2.32. The molecule has 0 aliphatic rings. The van der Waals surface area contributed by atoms with Crippen LogP contribution in [0, 0.1) is 12.8 Å². The van der Waals surface area contributed by atoms with E-state index in [1.165, 1.54) is 6.07 Å². The lowest BCUT2D eigenvalue weighted by Gasteiger charge is -2.09. The number of benzene rings is 1. The van der Waals surface area contributed by atoms with Gasteiger partial charge in [-0.15, -0.1) is 0 Å². The molecule has 6 nitrogen and oxygen atoms in total. The summed E-state index contributed by atoms with van der Waals surface area (Å²) in [5.41, 5.74) is 0.889. The molecule has 1 amide bonds. The highest BCUT2D eigenvalue weighted by atomic mass is 16.5. The molecule has 136 valence electrons. The van der Waals surface area contributed by atoms with Crippen molar-refractivity contribution in [3.8, 4) is 5.75 Å². The minimum Gasteiger partial charge on any atom is -0.484 e. The van der Waals surface area contributed by atoms with Gasteiger partial charge in [-0.2, -0.15) is 0 Å². The summed E-state index contributed by atoms with van der Waals surface area (Å²) in [6.45, 7) is 7.85. The molecule has 0 saturated heterocycles. The fourth-order valence-corrected chi connectivity index (χ4v) is 2.32. The van der Waals surface area contributed by atoms with E-state index in [0.717, 1.165) is 24.0 Å². The molecular weight excluding hydrogens is 322 g/mol. The van der Waals surface area contributed by atoms with Crippen LogP contribution in [0.2, 0.25) is 0 Å². The van der Waals surface area contributed by atoms with Crippen LogP contribution in [0.15, 0.2) is 33.5 Å². The number of carbonyl (C=O) groups excluding carboxylic acids is 1. The second kappa shape index (κ2) is 9.22. The summed E-state index contributed by atoms with van der Waals surface area (Å²) in [5.74, 6) is 0.796. The van der Waals surface area contributed by atoms with Gasteiger partial charge in [0.25, 0.3) is 5.91 Å². The van der Waals surface area contributed by atoms with Crippen molar-refractivity contribution < 1.29 is 18.7 Å². The van der Waals surface area contributed by atoms with Crippen molar-refractivity contribution in [2.75, 3.05) is 26.4 Å². The Morgan fingerprint density at radius 3 is 2.84 bits per heavy atom. The minimum atomic E-state index is -0.403. The van der Waals surface area contributed by atoms with Gasteiger partial charge in [0, 0.05) is 37.3 Å². The molecule has 0 fully saturated rings. The average Bonchev–Trinajstić information content (AvgIpc) is 2.55. The van der Waals surface area contributed by atoms with Crippen molar-refractivity contribution in [1.29, 1.82) is 0 Å². The average molecular weight is 347 g/mol. The Morgan fingerprint density at radius 1 is 1.28 bits per heavy atom. The molecule has 0 spiro atoms. The van der Waals surface area contributed by atoms with E-state index in [4.69, 9.17) is 13.9 Å². The second-order valence-corrected chi connectivity index (χ2v) is 6.37. The molecule has 6 heteroatoms. The van der Waals surface area contributed by atoms with Gasteiger partial charge >= 0.3 is 5.63 Å². The quantitative estimate of drug-likeness (QED) is 0.557. The van der Waals surface area contributed by atoms with Crippen LogP contribution in [0.25, 0.3) is 11.0 Å². The summed E-state index contributed by atoms with van der Waals surface area (Å²) in [4.78, 5) is 23.2. The van der Waals surface area contributed by atoms with Crippen LogP contribution in [-0.4, -0.2) is 32.3 Å². The van der Waals surface area contributed by atoms with E-state index in [0.29, 0.717) is 30.4 Å². The maximum atomic E-state index is 11.8. The Morgan fingerprint density at radius 2 is 2.08 bits per heavy atom. The SMILES string of the molecule is Cc1cc(=O)oc2cc(OCC(=O)NCCCOCC(C)C)ccc12. The lowest BCUT2D eigenvalue weighted by Crippen LogP contribution is -2.30. The van der Waals surface area contributed by atoms with Crippen LogP contribution in [0.5, 0.6) is 5.75 Å². The van der Waals surface area contributed by atoms with Gasteiger partial charge in [-0.05, 0) is 37.0 Å². The number of amides is 1. The Bertz CT molecular complexity index is 766. The Labute approximate surface area is 147 Å². The number of hydrogen-bond donors (Lipinski definition) is 1. The molecular formula is C19H25NO5. The molecule has 0 radical (unpaired) electrons. The monoisotopic (exact) mass is 347 g/mol. The highest BCUT2D eigenvalue weighted by Gasteiger charge is 2.06. The number of carbonyl (C=O) groups is 1. The zero-order valence-corrected chi connectivity index (χ0v) is 15.0. The first-order valence-corrected chi connectivity index (χ1v) is 8.47. The lowest BCUT2D eigenvalue weighted by atomic mass is 10.1. The normalized spacial score (nSPS) is 11.0. The van der Waals surface area contributed by atoms with E-state index in [1.807, 2.05) is 13.0 Å². The van der Waals surface area contributed by atoms with E-state index < -0.39 is 5.63 Å². The molecule has 1 heterocycles. The fraction of sp³-hybridized carbons (Fsp3) is 0.474. The standard InChI is InChI=1S/C19H25NO5/c1-13(2)11-23-8-4-7-20-18(21)12-24-15-5-6-16-14(3)9-19(22)25-17(16)10-15/h5-6,9-10,13H,4,7-8,11-12H2,1-3H3,(H,20,21). The zero-order valence-electron chi connectivity index (χ0n) is 15.0. The van der Waals surface area contributed by atoms with Crippen molar-refractivity contribution >= 4 is 16.9 Å².